The van der Waals surface area contributed by atoms with Crippen LogP contribution in [0.4, 0.5) is 4.39 Å². The summed E-state index contributed by atoms with van der Waals surface area (Å²) in [7, 11) is 0. The van der Waals surface area contributed by atoms with E-state index >= 15 is 0 Å². The number of hydrogen-bond acceptors (Lipinski definition) is 2. The Morgan fingerprint density at radius 3 is 2.71 bits per heavy atom. The van der Waals surface area contributed by atoms with E-state index in [1.54, 1.807) is 12.1 Å². The second kappa shape index (κ2) is 5.08. The summed E-state index contributed by atoms with van der Waals surface area (Å²) in [5.74, 6) is -0.249. The van der Waals surface area contributed by atoms with Gasteiger partial charge in [-0.05, 0) is 31.5 Å². The molecule has 0 radical (unpaired) electrons. The third kappa shape index (κ3) is 3.09. The van der Waals surface area contributed by atoms with E-state index in [0.717, 1.165) is 5.56 Å². The Labute approximate surface area is 83.9 Å². The van der Waals surface area contributed by atoms with Gasteiger partial charge < -0.3 is 10.5 Å². The van der Waals surface area contributed by atoms with Gasteiger partial charge in [0, 0.05) is 12.1 Å². The largest absolute Gasteiger partial charge is 0.374 e. The van der Waals surface area contributed by atoms with Gasteiger partial charge in [0.15, 0.2) is 0 Å². The van der Waals surface area contributed by atoms with Crippen molar-refractivity contribution < 1.29 is 9.13 Å². The van der Waals surface area contributed by atoms with Gasteiger partial charge in [-0.2, -0.15) is 0 Å². The van der Waals surface area contributed by atoms with Crippen LogP contribution in [0.15, 0.2) is 18.2 Å². The van der Waals surface area contributed by atoms with Gasteiger partial charge in [0.2, 0.25) is 0 Å². The van der Waals surface area contributed by atoms with Gasteiger partial charge in [0.25, 0.3) is 0 Å². The molecule has 0 unspecified atom stereocenters. The quantitative estimate of drug-likeness (QED) is 0.803. The van der Waals surface area contributed by atoms with Crippen LogP contribution in [-0.4, -0.2) is 6.10 Å². The molecule has 0 saturated carbocycles. The molecule has 1 aromatic carbocycles. The highest BCUT2D eigenvalue weighted by molar-refractivity contribution is 5.24. The molecule has 0 aliphatic rings. The summed E-state index contributed by atoms with van der Waals surface area (Å²) in [6.07, 6.45) is 0.182. The molecule has 1 aromatic rings. The highest BCUT2D eigenvalue weighted by Crippen LogP contribution is 2.11. The Kier molecular flexibility index (Phi) is 4.04. The van der Waals surface area contributed by atoms with Crippen molar-refractivity contribution >= 4 is 0 Å². The van der Waals surface area contributed by atoms with Crippen molar-refractivity contribution in [1.29, 1.82) is 0 Å². The summed E-state index contributed by atoms with van der Waals surface area (Å²) in [6.45, 7) is 4.66. The standard InChI is InChI=1S/C11H16FNO/c1-8(2)14-7-9-3-4-11(12)10(5-9)6-13/h3-5,8H,6-7,13H2,1-2H3. The summed E-state index contributed by atoms with van der Waals surface area (Å²) in [5.41, 5.74) is 6.89. The number of benzene rings is 1. The lowest BCUT2D eigenvalue weighted by atomic mass is 10.1. The molecule has 14 heavy (non-hydrogen) atoms. The minimum absolute atomic E-state index is 0.182. The van der Waals surface area contributed by atoms with E-state index in [4.69, 9.17) is 10.5 Å². The molecule has 0 aliphatic carbocycles. The fraction of sp³-hybridized carbons (Fsp3) is 0.455. The lowest BCUT2D eigenvalue weighted by molar-refractivity contribution is 0.0656. The monoisotopic (exact) mass is 197 g/mol. The molecule has 3 heteroatoms. The first-order chi connectivity index (χ1) is 6.63. The Balaban J connectivity index is 2.69. The van der Waals surface area contributed by atoms with Crippen LogP contribution in [0, 0.1) is 5.82 Å². The number of hydrogen-bond donors (Lipinski definition) is 1. The summed E-state index contributed by atoms with van der Waals surface area (Å²) >= 11 is 0. The molecular formula is C11H16FNO. The first-order valence-corrected chi connectivity index (χ1v) is 4.72. The van der Waals surface area contributed by atoms with Crippen LogP contribution in [0.25, 0.3) is 0 Å². The molecule has 0 saturated heterocycles. The van der Waals surface area contributed by atoms with Crippen molar-refractivity contribution in [3.05, 3.63) is 35.1 Å². The van der Waals surface area contributed by atoms with E-state index in [-0.39, 0.29) is 18.5 Å². The molecule has 0 spiro atoms. The molecule has 0 atom stereocenters. The Morgan fingerprint density at radius 2 is 2.14 bits per heavy atom. The third-order valence-corrected chi connectivity index (χ3v) is 1.91. The Hall–Kier alpha value is -0.930. The van der Waals surface area contributed by atoms with Gasteiger partial charge in [-0.1, -0.05) is 6.07 Å². The average Bonchev–Trinajstić information content (AvgIpc) is 2.16. The number of ether oxygens (including phenoxy) is 1. The van der Waals surface area contributed by atoms with Gasteiger partial charge >= 0.3 is 0 Å². The summed E-state index contributed by atoms with van der Waals surface area (Å²) < 4.78 is 18.5. The minimum Gasteiger partial charge on any atom is -0.374 e. The zero-order valence-corrected chi connectivity index (χ0v) is 8.59. The number of nitrogens with two attached hydrogens (primary N) is 1. The normalized spacial score (nSPS) is 10.9. The fourth-order valence-corrected chi connectivity index (χ4v) is 1.14. The molecule has 0 bridgehead atoms. The van der Waals surface area contributed by atoms with Gasteiger partial charge in [-0.15, -0.1) is 0 Å². The molecule has 0 heterocycles. The van der Waals surface area contributed by atoms with E-state index in [9.17, 15) is 4.39 Å². The molecule has 2 N–H and O–H groups in total. The zero-order valence-electron chi connectivity index (χ0n) is 8.59. The van der Waals surface area contributed by atoms with Crippen LogP contribution >= 0.6 is 0 Å². The van der Waals surface area contributed by atoms with Crippen molar-refractivity contribution in [3.63, 3.8) is 0 Å². The van der Waals surface area contributed by atoms with Gasteiger partial charge in [-0.25, -0.2) is 4.39 Å². The predicted molar refractivity (Wildman–Crippen MR) is 54.2 cm³/mol. The highest BCUT2D eigenvalue weighted by Gasteiger charge is 2.02. The van der Waals surface area contributed by atoms with E-state index in [2.05, 4.69) is 0 Å². The fourth-order valence-electron chi connectivity index (χ4n) is 1.14. The summed E-state index contributed by atoms with van der Waals surface area (Å²) in [4.78, 5) is 0. The first-order valence-electron chi connectivity index (χ1n) is 4.72. The third-order valence-electron chi connectivity index (χ3n) is 1.91. The SMILES string of the molecule is CC(C)OCc1ccc(F)c(CN)c1. The van der Waals surface area contributed by atoms with E-state index in [1.807, 2.05) is 13.8 Å². The second-order valence-electron chi connectivity index (χ2n) is 3.49. The maximum atomic E-state index is 13.0. The molecule has 2 nitrogen and oxygen atoms in total. The van der Waals surface area contributed by atoms with Crippen LogP contribution in [0.2, 0.25) is 0 Å². The second-order valence-corrected chi connectivity index (χ2v) is 3.49. The topological polar surface area (TPSA) is 35.2 Å². The predicted octanol–water partition coefficient (Wildman–Crippen LogP) is 2.21. The molecule has 78 valence electrons. The molecular weight excluding hydrogens is 181 g/mol. The minimum atomic E-state index is -0.249. The molecule has 1 rings (SSSR count). The van der Waals surface area contributed by atoms with Crippen LogP contribution < -0.4 is 5.73 Å². The lowest BCUT2D eigenvalue weighted by Gasteiger charge is -2.08. The van der Waals surface area contributed by atoms with Gasteiger partial charge in [0.05, 0.1) is 12.7 Å². The smallest absolute Gasteiger partial charge is 0.127 e. The molecule has 0 fully saturated rings. The number of rotatable bonds is 4. The summed E-state index contributed by atoms with van der Waals surface area (Å²) in [6, 6.07) is 4.90. The van der Waals surface area contributed by atoms with Crippen molar-refractivity contribution in [1.82, 2.24) is 0 Å². The number of halogens is 1. The molecule has 0 aliphatic heterocycles. The van der Waals surface area contributed by atoms with Crippen LogP contribution in [0.3, 0.4) is 0 Å². The maximum Gasteiger partial charge on any atom is 0.127 e. The zero-order chi connectivity index (χ0) is 10.6. The van der Waals surface area contributed by atoms with E-state index < -0.39 is 0 Å². The van der Waals surface area contributed by atoms with Gasteiger partial charge in [-0.3, -0.25) is 0 Å². The van der Waals surface area contributed by atoms with E-state index in [1.165, 1.54) is 6.07 Å². The lowest BCUT2D eigenvalue weighted by Crippen LogP contribution is -2.05. The molecule has 0 aromatic heterocycles. The van der Waals surface area contributed by atoms with Gasteiger partial charge in [0.1, 0.15) is 5.82 Å². The maximum absolute atomic E-state index is 13.0. The Bertz CT molecular complexity index is 299. The van der Waals surface area contributed by atoms with Crippen LogP contribution in [0.1, 0.15) is 25.0 Å². The first kappa shape index (κ1) is 11.1. The Morgan fingerprint density at radius 1 is 1.43 bits per heavy atom. The summed E-state index contributed by atoms with van der Waals surface area (Å²) in [5, 5.41) is 0. The van der Waals surface area contributed by atoms with Crippen molar-refractivity contribution in [2.75, 3.05) is 0 Å². The van der Waals surface area contributed by atoms with E-state index in [0.29, 0.717) is 12.2 Å². The average molecular weight is 197 g/mol. The van der Waals surface area contributed by atoms with Crippen LogP contribution in [0.5, 0.6) is 0 Å². The van der Waals surface area contributed by atoms with Crippen molar-refractivity contribution in [2.24, 2.45) is 5.73 Å². The highest BCUT2D eigenvalue weighted by atomic mass is 19.1. The van der Waals surface area contributed by atoms with Crippen LogP contribution in [-0.2, 0) is 17.9 Å². The van der Waals surface area contributed by atoms with Crippen molar-refractivity contribution in [2.45, 2.75) is 33.1 Å². The molecule has 0 amide bonds. The van der Waals surface area contributed by atoms with Crippen molar-refractivity contribution in [3.8, 4) is 0 Å².